The predicted octanol–water partition coefficient (Wildman–Crippen LogP) is 7.23. The lowest BCUT2D eigenvalue weighted by atomic mass is 10.0. The summed E-state index contributed by atoms with van der Waals surface area (Å²) in [6.07, 6.45) is -0.0349. The van der Waals surface area contributed by atoms with Gasteiger partial charge in [-0.25, -0.2) is 8.78 Å². The highest BCUT2D eigenvalue weighted by atomic mass is 35.5. The van der Waals surface area contributed by atoms with Crippen molar-refractivity contribution in [3.8, 4) is 5.75 Å². The molecule has 0 bridgehead atoms. The molecule has 0 saturated heterocycles. The standard InChI is InChI=1S/C25H17Cl4F2NO3/c1-35-23-16(20(33)8-12-2-5-14(30)6-3-12)10-15(11-18(23)27)32-24(34)22-21(25(22,28)29)13-4-7-19(31)17(26)9-13/h2-7,9-11,21-22H,8H2,1H3,(H,32,34). The van der Waals surface area contributed by atoms with Gasteiger partial charge in [-0.1, -0.05) is 41.4 Å². The third-order valence-electron chi connectivity index (χ3n) is 5.73. The van der Waals surface area contributed by atoms with Gasteiger partial charge in [-0.3, -0.25) is 9.59 Å². The number of hydrogen-bond acceptors (Lipinski definition) is 3. The number of Topliss-reactive ketones (excluding diaryl/α,β-unsaturated/α-hetero) is 1. The van der Waals surface area contributed by atoms with E-state index in [0.717, 1.165) is 0 Å². The molecule has 3 aromatic rings. The summed E-state index contributed by atoms with van der Waals surface area (Å²) in [7, 11) is 1.37. The van der Waals surface area contributed by atoms with Gasteiger partial charge in [-0.2, -0.15) is 0 Å². The van der Waals surface area contributed by atoms with E-state index in [9.17, 15) is 18.4 Å². The van der Waals surface area contributed by atoms with E-state index in [4.69, 9.17) is 51.1 Å². The van der Waals surface area contributed by atoms with Crippen molar-refractivity contribution in [3.05, 3.63) is 93.0 Å². The molecule has 1 N–H and O–H groups in total. The normalized spacial score (nSPS) is 18.1. The van der Waals surface area contributed by atoms with Gasteiger partial charge in [0.25, 0.3) is 0 Å². The Balaban J connectivity index is 1.56. The van der Waals surface area contributed by atoms with Gasteiger partial charge in [0.05, 0.1) is 28.6 Å². The van der Waals surface area contributed by atoms with E-state index in [-0.39, 0.29) is 39.2 Å². The van der Waals surface area contributed by atoms with E-state index in [2.05, 4.69) is 5.32 Å². The van der Waals surface area contributed by atoms with Crippen LogP contribution in [-0.2, 0) is 11.2 Å². The molecule has 2 atom stereocenters. The quantitative estimate of drug-likeness (QED) is 0.246. The van der Waals surface area contributed by atoms with E-state index in [1.807, 2.05) is 0 Å². The number of rotatable bonds is 7. The molecule has 0 aliphatic heterocycles. The Morgan fingerprint density at radius 2 is 1.69 bits per heavy atom. The van der Waals surface area contributed by atoms with Crippen molar-refractivity contribution in [1.82, 2.24) is 0 Å². The van der Waals surface area contributed by atoms with Crippen LogP contribution in [0.15, 0.2) is 54.6 Å². The number of carbonyl (C=O) groups excluding carboxylic acids is 2. The van der Waals surface area contributed by atoms with Crippen molar-refractivity contribution >= 4 is 63.8 Å². The van der Waals surface area contributed by atoms with Crippen LogP contribution < -0.4 is 10.1 Å². The highest BCUT2D eigenvalue weighted by molar-refractivity contribution is 6.53. The molecular weight excluding hydrogens is 542 g/mol. The van der Waals surface area contributed by atoms with Crippen LogP contribution in [-0.4, -0.2) is 23.1 Å². The first-order chi connectivity index (χ1) is 16.5. The summed E-state index contributed by atoms with van der Waals surface area (Å²) in [5.74, 6) is -3.20. The average molecular weight is 559 g/mol. The molecule has 1 amide bonds. The van der Waals surface area contributed by atoms with Crippen LogP contribution in [0.4, 0.5) is 14.5 Å². The van der Waals surface area contributed by atoms with Crippen LogP contribution in [0.1, 0.15) is 27.4 Å². The number of anilines is 1. The van der Waals surface area contributed by atoms with E-state index in [1.54, 1.807) is 0 Å². The molecule has 4 nitrogen and oxygen atoms in total. The van der Waals surface area contributed by atoms with Gasteiger partial charge in [0.15, 0.2) is 5.78 Å². The third-order valence-corrected chi connectivity index (χ3v) is 7.24. The minimum absolute atomic E-state index is 0.0349. The third kappa shape index (κ3) is 5.26. The number of ketones is 1. The molecule has 0 spiro atoms. The van der Waals surface area contributed by atoms with Crippen molar-refractivity contribution in [2.45, 2.75) is 16.7 Å². The number of nitrogens with one attached hydrogen (secondary N) is 1. The number of benzene rings is 3. The zero-order valence-corrected chi connectivity index (χ0v) is 21.1. The van der Waals surface area contributed by atoms with Gasteiger partial charge in [0, 0.05) is 18.0 Å². The molecule has 182 valence electrons. The molecule has 0 aromatic heterocycles. The van der Waals surface area contributed by atoms with E-state index < -0.39 is 33.7 Å². The van der Waals surface area contributed by atoms with Gasteiger partial charge in [-0.15, -0.1) is 23.2 Å². The van der Waals surface area contributed by atoms with Crippen molar-refractivity contribution < 1.29 is 23.1 Å². The number of carbonyl (C=O) groups is 2. The Morgan fingerprint density at radius 1 is 1.00 bits per heavy atom. The topological polar surface area (TPSA) is 55.4 Å². The number of hydrogen-bond donors (Lipinski definition) is 1. The fourth-order valence-electron chi connectivity index (χ4n) is 3.96. The maximum Gasteiger partial charge on any atom is 0.231 e. The fraction of sp³-hybridized carbons (Fsp3) is 0.200. The molecule has 0 heterocycles. The number of methoxy groups -OCH3 is 1. The van der Waals surface area contributed by atoms with Gasteiger partial charge < -0.3 is 10.1 Å². The minimum Gasteiger partial charge on any atom is -0.494 e. The summed E-state index contributed by atoms with van der Waals surface area (Å²) >= 11 is 24.9. The van der Waals surface area contributed by atoms with Crippen LogP contribution in [0.25, 0.3) is 0 Å². The Kier molecular flexibility index (Phi) is 7.30. The Morgan fingerprint density at radius 3 is 2.31 bits per heavy atom. The number of amides is 1. The summed E-state index contributed by atoms with van der Waals surface area (Å²) in [5, 5.41) is 2.68. The Hall–Kier alpha value is -2.38. The zero-order valence-electron chi connectivity index (χ0n) is 18.1. The molecule has 1 aliphatic carbocycles. The fourth-order valence-corrected chi connectivity index (χ4v) is 5.27. The maximum absolute atomic E-state index is 13.5. The molecule has 1 aliphatic rings. The molecule has 4 rings (SSSR count). The van der Waals surface area contributed by atoms with Crippen molar-refractivity contribution in [2.75, 3.05) is 12.4 Å². The smallest absolute Gasteiger partial charge is 0.231 e. The van der Waals surface area contributed by atoms with Crippen molar-refractivity contribution in [3.63, 3.8) is 0 Å². The van der Waals surface area contributed by atoms with Crippen molar-refractivity contribution in [2.24, 2.45) is 5.92 Å². The minimum atomic E-state index is -1.43. The summed E-state index contributed by atoms with van der Waals surface area (Å²) in [5.41, 5.74) is 1.48. The molecular formula is C25H17Cl4F2NO3. The SMILES string of the molecule is COc1c(Cl)cc(NC(=O)C2C(c3ccc(F)c(Cl)c3)C2(Cl)Cl)cc1C(=O)Cc1ccc(F)cc1. The average Bonchev–Trinajstić information content (AvgIpc) is 3.38. The Labute approximate surface area is 220 Å². The van der Waals surface area contributed by atoms with Gasteiger partial charge >= 0.3 is 0 Å². The number of ether oxygens (including phenoxy) is 1. The molecule has 35 heavy (non-hydrogen) atoms. The van der Waals surface area contributed by atoms with Crippen molar-refractivity contribution in [1.29, 1.82) is 0 Å². The largest absolute Gasteiger partial charge is 0.494 e. The number of alkyl halides is 2. The Bertz CT molecular complexity index is 1310. The van der Waals surface area contributed by atoms with E-state index >= 15 is 0 Å². The van der Waals surface area contributed by atoms with Gasteiger partial charge in [0.1, 0.15) is 21.7 Å². The predicted molar refractivity (Wildman–Crippen MR) is 133 cm³/mol. The van der Waals surface area contributed by atoms with Crippen LogP contribution in [0.3, 0.4) is 0 Å². The molecule has 10 heteroatoms. The molecule has 2 unspecified atom stereocenters. The highest BCUT2D eigenvalue weighted by Crippen LogP contribution is 2.65. The van der Waals surface area contributed by atoms with E-state index in [1.165, 1.54) is 61.7 Å². The maximum atomic E-state index is 13.5. The van der Waals surface area contributed by atoms with E-state index in [0.29, 0.717) is 11.1 Å². The van der Waals surface area contributed by atoms with Gasteiger partial charge in [-0.05, 0) is 47.5 Å². The second-order valence-corrected chi connectivity index (χ2v) is 10.3. The number of halogens is 6. The second-order valence-electron chi connectivity index (χ2n) is 8.06. The first kappa shape index (κ1) is 25.7. The summed E-state index contributed by atoms with van der Waals surface area (Å²) in [6.45, 7) is 0. The van der Waals surface area contributed by atoms with Gasteiger partial charge in [0.2, 0.25) is 5.91 Å². The summed E-state index contributed by atoms with van der Waals surface area (Å²) in [6, 6.07) is 12.4. The van der Waals surface area contributed by atoms with Crippen LogP contribution in [0.2, 0.25) is 10.0 Å². The highest BCUT2D eigenvalue weighted by Gasteiger charge is 2.67. The lowest BCUT2D eigenvalue weighted by molar-refractivity contribution is -0.117. The first-order valence-electron chi connectivity index (χ1n) is 10.3. The monoisotopic (exact) mass is 557 g/mol. The summed E-state index contributed by atoms with van der Waals surface area (Å²) < 4.78 is 30.6. The van der Waals surface area contributed by atoms with Crippen LogP contribution >= 0.6 is 46.4 Å². The second kappa shape index (κ2) is 9.94. The molecule has 0 radical (unpaired) electrons. The first-order valence-corrected chi connectivity index (χ1v) is 11.8. The molecule has 1 fully saturated rings. The van der Waals surface area contributed by atoms with Crippen LogP contribution in [0.5, 0.6) is 5.75 Å². The summed E-state index contributed by atoms with van der Waals surface area (Å²) in [4.78, 5) is 26.0. The lowest BCUT2D eigenvalue weighted by Crippen LogP contribution is -2.18. The lowest BCUT2D eigenvalue weighted by Gasteiger charge is -2.13. The molecule has 1 saturated carbocycles. The van der Waals surface area contributed by atoms with Crippen LogP contribution in [0, 0.1) is 17.6 Å². The zero-order chi connectivity index (χ0) is 25.5. The molecule has 3 aromatic carbocycles.